The second kappa shape index (κ2) is 5.67. The van der Waals surface area contributed by atoms with Crippen LogP contribution in [0, 0.1) is 5.82 Å². The van der Waals surface area contributed by atoms with E-state index in [4.69, 9.17) is 28.9 Å². The first-order valence-electron chi connectivity index (χ1n) is 5.04. The monoisotopic (exact) mass is 278 g/mol. The highest BCUT2D eigenvalue weighted by molar-refractivity contribution is 6.36. The fourth-order valence-electron chi connectivity index (χ4n) is 1.36. The summed E-state index contributed by atoms with van der Waals surface area (Å²) in [5, 5.41) is 2.82. The van der Waals surface area contributed by atoms with Crippen molar-refractivity contribution in [3.63, 3.8) is 0 Å². The Kier molecular flexibility index (Phi) is 4.74. The first kappa shape index (κ1) is 14.2. The van der Waals surface area contributed by atoms with E-state index in [1.807, 2.05) is 0 Å². The summed E-state index contributed by atoms with van der Waals surface area (Å²) >= 11 is 11.7. The quantitative estimate of drug-likeness (QED) is 0.836. The Balaban J connectivity index is 3.00. The maximum atomic E-state index is 13.3. The van der Waals surface area contributed by atoms with E-state index in [1.54, 1.807) is 13.8 Å². The van der Waals surface area contributed by atoms with Crippen molar-refractivity contribution < 1.29 is 9.18 Å². The summed E-state index contributed by atoms with van der Waals surface area (Å²) < 4.78 is 13.3. The summed E-state index contributed by atoms with van der Waals surface area (Å²) in [6.45, 7) is 3.21. The molecule has 94 valence electrons. The maximum absolute atomic E-state index is 13.3. The number of hydrogen-bond acceptors (Lipinski definition) is 2. The van der Waals surface area contributed by atoms with Gasteiger partial charge in [0.15, 0.2) is 0 Å². The van der Waals surface area contributed by atoms with Gasteiger partial charge in [0.2, 0.25) is 5.91 Å². The van der Waals surface area contributed by atoms with Crippen molar-refractivity contribution in [2.24, 2.45) is 5.73 Å². The van der Waals surface area contributed by atoms with Gasteiger partial charge in [-0.1, -0.05) is 23.2 Å². The number of carbonyl (C=O) groups is 1. The highest BCUT2D eigenvalue weighted by Gasteiger charge is 2.19. The number of nitrogens with one attached hydrogen (secondary N) is 1. The zero-order valence-electron chi connectivity index (χ0n) is 9.43. The minimum Gasteiger partial charge on any atom is -0.348 e. The van der Waals surface area contributed by atoms with Gasteiger partial charge < -0.3 is 11.1 Å². The molecule has 2 atom stereocenters. The van der Waals surface area contributed by atoms with Gasteiger partial charge in [0.25, 0.3) is 0 Å². The molecule has 1 unspecified atom stereocenters. The van der Waals surface area contributed by atoms with Gasteiger partial charge in [-0.25, -0.2) is 4.39 Å². The predicted octanol–water partition coefficient (Wildman–Crippen LogP) is 2.66. The number of carbonyl (C=O) groups excluding carboxylic acids is 1. The molecule has 0 saturated heterocycles. The summed E-state index contributed by atoms with van der Waals surface area (Å²) in [4.78, 5) is 11.4. The standard InChI is InChI=1S/C11H13Cl2FN2O/c1-5(15)11(17)16-6(2)9-7(12)3-4-8(14)10(9)13/h3-6H,15H2,1-2H3,(H,16,17)/t5-,6?/m1/s1. The molecule has 0 saturated carbocycles. The molecule has 0 heterocycles. The van der Waals surface area contributed by atoms with E-state index in [-0.39, 0.29) is 10.9 Å². The highest BCUT2D eigenvalue weighted by atomic mass is 35.5. The van der Waals surface area contributed by atoms with E-state index in [2.05, 4.69) is 5.32 Å². The zero-order chi connectivity index (χ0) is 13.2. The molecule has 0 aliphatic heterocycles. The van der Waals surface area contributed by atoms with Gasteiger partial charge in [0.1, 0.15) is 5.82 Å². The molecule has 1 amide bonds. The Bertz CT molecular complexity index is 438. The number of halogens is 3. The van der Waals surface area contributed by atoms with Crippen LogP contribution in [-0.2, 0) is 4.79 Å². The van der Waals surface area contributed by atoms with E-state index in [9.17, 15) is 9.18 Å². The van der Waals surface area contributed by atoms with Gasteiger partial charge in [0, 0.05) is 10.6 Å². The minimum atomic E-state index is -0.649. The molecule has 1 aromatic rings. The second-order valence-electron chi connectivity index (χ2n) is 3.78. The number of nitrogens with two attached hydrogens (primary N) is 1. The predicted molar refractivity (Wildman–Crippen MR) is 66.6 cm³/mol. The molecule has 17 heavy (non-hydrogen) atoms. The van der Waals surface area contributed by atoms with E-state index in [1.165, 1.54) is 12.1 Å². The molecule has 0 radical (unpaired) electrons. The number of benzene rings is 1. The fourth-order valence-corrected chi connectivity index (χ4v) is 2.05. The Hall–Kier alpha value is -0.840. The third-order valence-corrected chi connectivity index (χ3v) is 3.00. The molecule has 1 rings (SSSR count). The van der Waals surface area contributed by atoms with E-state index >= 15 is 0 Å². The third-order valence-electron chi connectivity index (χ3n) is 2.28. The van der Waals surface area contributed by atoms with Crippen molar-refractivity contribution >= 4 is 29.1 Å². The van der Waals surface area contributed by atoms with E-state index in [0.717, 1.165) is 0 Å². The van der Waals surface area contributed by atoms with Crippen molar-refractivity contribution in [1.29, 1.82) is 0 Å². The van der Waals surface area contributed by atoms with Crippen LogP contribution < -0.4 is 11.1 Å². The molecule has 0 fully saturated rings. The fraction of sp³-hybridized carbons (Fsp3) is 0.364. The molecular weight excluding hydrogens is 266 g/mol. The van der Waals surface area contributed by atoms with Crippen molar-refractivity contribution in [3.05, 3.63) is 33.6 Å². The Morgan fingerprint density at radius 3 is 2.53 bits per heavy atom. The van der Waals surface area contributed by atoms with Gasteiger partial charge in [-0.15, -0.1) is 0 Å². The lowest BCUT2D eigenvalue weighted by atomic mass is 10.1. The van der Waals surface area contributed by atoms with Crippen molar-refractivity contribution in [2.45, 2.75) is 25.9 Å². The van der Waals surface area contributed by atoms with Crippen LogP contribution >= 0.6 is 23.2 Å². The van der Waals surface area contributed by atoms with Crippen LogP contribution in [0.1, 0.15) is 25.5 Å². The molecule has 0 aliphatic carbocycles. The van der Waals surface area contributed by atoms with Gasteiger partial charge >= 0.3 is 0 Å². The first-order chi connectivity index (χ1) is 7.84. The Morgan fingerprint density at radius 1 is 1.41 bits per heavy atom. The summed E-state index contributed by atoms with van der Waals surface area (Å²) in [7, 11) is 0. The van der Waals surface area contributed by atoms with Crippen molar-refractivity contribution in [2.75, 3.05) is 0 Å². The van der Waals surface area contributed by atoms with Crippen LogP contribution in [0.4, 0.5) is 4.39 Å². The van der Waals surface area contributed by atoms with Crippen LogP contribution in [-0.4, -0.2) is 11.9 Å². The van der Waals surface area contributed by atoms with Gasteiger partial charge in [-0.05, 0) is 26.0 Å². The largest absolute Gasteiger partial charge is 0.348 e. The average Bonchev–Trinajstić information content (AvgIpc) is 2.24. The molecule has 1 aromatic carbocycles. The molecule has 6 heteroatoms. The molecule has 3 nitrogen and oxygen atoms in total. The first-order valence-corrected chi connectivity index (χ1v) is 5.79. The van der Waals surface area contributed by atoms with Gasteiger partial charge in [0.05, 0.1) is 17.1 Å². The maximum Gasteiger partial charge on any atom is 0.237 e. The number of rotatable bonds is 3. The lowest BCUT2D eigenvalue weighted by Gasteiger charge is -2.18. The summed E-state index contributed by atoms with van der Waals surface area (Å²) in [5.74, 6) is -0.929. The molecular formula is C11H13Cl2FN2O. The smallest absolute Gasteiger partial charge is 0.237 e. The minimum absolute atomic E-state index is 0.0880. The number of hydrogen-bond donors (Lipinski definition) is 2. The van der Waals surface area contributed by atoms with Crippen LogP contribution in [0.2, 0.25) is 10.0 Å². The average molecular weight is 279 g/mol. The lowest BCUT2D eigenvalue weighted by molar-refractivity contribution is -0.122. The van der Waals surface area contributed by atoms with Crippen LogP contribution in [0.25, 0.3) is 0 Å². The van der Waals surface area contributed by atoms with Crippen LogP contribution in [0.3, 0.4) is 0 Å². The molecule has 0 bridgehead atoms. The van der Waals surface area contributed by atoms with E-state index < -0.39 is 17.9 Å². The lowest BCUT2D eigenvalue weighted by Crippen LogP contribution is -2.39. The number of amides is 1. The Labute approximate surface area is 109 Å². The summed E-state index contributed by atoms with van der Waals surface area (Å²) in [6, 6.07) is 1.41. The van der Waals surface area contributed by atoms with Crippen LogP contribution in [0.5, 0.6) is 0 Å². The van der Waals surface area contributed by atoms with E-state index in [0.29, 0.717) is 10.6 Å². The van der Waals surface area contributed by atoms with Crippen molar-refractivity contribution in [3.8, 4) is 0 Å². The topological polar surface area (TPSA) is 55.1 Å². The molecule has 3 N–H and O–H groups in total. The summed E-state index contributed by atoms with van der Waals surface area (Å²) in [6.07, 6.45) is 0. The van der Waals surface area contributed by atoms with Crippen molar-refractivity contribution in [1.82, 2.24) is 5.32 Å². The normalized spacial score (nSPS) is 14.2. The SMILES string of the molecule is CC(NC(=O)[C@@H](C)N)c1c(Cl)ccc(F)c1Cl. The van der Waals surface area contributed by atoms with Gasteiger partial charge in [-0.3, -0.25) is 4.79 Å². The Morgan fingerprint density at radius 2 is 2.00 bits per heavy atom. The molecule has 0 aromatic heterocycles. The van der Waals surface area contributed by atoms with Crippen LogP contribution in [0.15, 0.2) is 12.1 Å². The molecule has 0 aliphatic rings. The zero-order valence-corrected chi connectivity index (χ0v) is 10.9. The molecule has 0 spiro atoms. The highest BCUT2D eigenvalue weighted by Crippen LogP contribution is 2.32. The summed E-state index contributed by atoms with van der Waals surface area (Å²) in [5.41, 5.74) is 5.77. The second-order valence-corrected chi connectivity index (χ2v) is 4.56. The third kappa shape index (κ3) is 3.31. The van der Waals surface area contributed by atoms with Gasteiger partial charge in [-0.2, -0.15) is 0 Å².